The van der Waals surface area contributed by atoms with Crippen LogP contribution in [0.2, 0.25) is 10.2 Å². The summed E-state index contributed by atoms with van der Waals surface area (Å²) in [6, 6.07) is 5.38. The fourth-order valence-corrected chi connectivity index (χ4v) is 2.80. The van der Waals surface area contributed by atoms with Crippen LogP contribution in [0.15, 0.2) is 23.7 Å². The number of thiazole rings is 1. The molecule has 0 fully saturated rings. The van der Waals surface area contributed by atoms with Crippen molar-refractivity contribution in [3.63, 3.8) is 0 Å². The van der Waals surface area contributed by atoms with Gasteiger partial charge >= 0.3 is 0 Å². The van der Waals surface area contributed by atoms with Crippen LogP contribution in [0.25, 0.3) is 10.4 Å². The second-order valence-corrected chi connectivity index (χ2v) is 4.52. The molecular formula is C10H7Cl2NOS. The molecule has 1 heterocycles. The predicted octanol–water partition coefficient (Wildman–Crippen LogP) is 3.61. The summed E-state index contributed by atoms with van der Waals surface area (Å²) in [5, 5.41) is 10.2. The number of aliphatic hydroxyl groups excluding tert-OH is 1. The SMILES string of the molecule is OCc1cccc(Cl)c1-c1scnc1Cl. The van der Waals surface area contributed by atoms with Crippen molar-refractivity contribution < 1.29 is 5.11 Å². The van der Waals surface area contributed by atoms with Crippen molar-refractivity contribution in [2.45, 2.75) is 6.61 Å². The Bertz CT molecular complexity index is 484. The maximum Gasteiger partial charge on any atom is 0.147 e. The molecule has 0 saturated heterocycles. The Morgan fingerprint density at radius 2 is 2.13 bits per heavy atom. The Morgan fingerprint density at radius 3 is 2.73 bits per heavy atom. The van der Waals surface area contributed by atoms with E-state index < -0.39 is 0 Å². The summed E-state index contributed by atoms with van der Waals surface area (Å²) in [5.41, 5.74) is 3.19. The normalized spacial score (nSPS) is 10.6. The Kier molecular flexibility index (Phi) is 3.26. The van der Waals surface area contributed by atoms with E-state index in [0.29, 0.717) is 10.2 Å². The molecule has 0 aliphatic heterocycles. The zero-order valence-corrected chi connectivity index (χ0v) is 9.90. The van der Waals surface area contributed by atoms with E-state index in [2.05, 4.69) is 4.98 Å². The molecule has 1 aromatic carbocycles. The molecule has 0 atom stereocenters. The fraction of sp³-hybridized carbons (Fsp3) is 0.100. The molecule has 0 aliphatic carbocycles. The third-order valence-electron chi connectivity index (χ3n) is 2.02. The summed E-state index contributed by atoms with van der Waals surface area (Å²) < 4.78 is 0. The molecule has 0 spiro atoms. The van der Waals surface area contributed by atoms with Crippen LogP contribution in [0, 0.1) is 0 Å². The molecule has 0 unspecified atom stereocenters. The van der Waals surface area contributed by atoms with Gasteiger partial charge in [0.15, 0.2) is 0 Å². The van der Waals surface area contributed by atoms with Crippen molar-refractivity contribution >= 4 is 34.5 Å². The van der Waals surface area contributed by atoms with E-state index in [9.17, 15) is 5.11 Å². The number of benzene rings is 1. The van der Waals surface area contributed by atoms with E-state index in [1.54, 1.807) is 17.6 Å². The number of hydrogen-bond acceptors (Lipinski definition) is 3. The number of nitrogens with zero attached hydrogens (tertiary/aromatic N) is 1. The maximum absolute atomic E-state index is 9.22. The van der Waals surface area contributed by atoms with Crippen LogP contribution < -0.4 is 0 Å². The molecule has 78 valence electrons. The van der Waals surface area contributed by atoms with E-state index in [4.69, 9.17) is 23.2 Å². The van der Waals surface area contributed by atoms with Gasteiger partial charge in [0.05, 0.1) is 17.0 Å². The van der Waals surface area contributed by atoms with Crippen molar-refractivity contribution in [2.75, 3.05) is 0 Å². The molecule has 5 heteroatoms. The van der Waals surface area contributed by atoms with Gasteiger partial charge in [-0.05, 0) is 11.6 Å². The zero-order valence-electron chi connectivity index (χ0n) is 7.58. The van der Waals surface area contributed by atoms with Crippen LogP contribution in [0.1, 0.15) is 5.56 Å². The van der Waals surface area contributed by atoms with Gasteiger partial charge in [0.2, 0.25) is 0 Å². The van der Waals surface area contributed by atoms with Gasteiger partial charge in [0.25, 0.3) is 0 Å². The molecule has 1 N–H and O–H groups in total. The van der Waals surface area contributed by atoms with Gasteiger partial charge < -0.3 is 5.11 Å². The highest BCUT2D eigenvalue weighted by Gasteiger charge is 2.14. The first-order chi connectivity index (χ1) is 7.24. The number of aromatic nitrogens is 1. The molecule has 2 rings (SSSR count). The zero-order chi connectivity index (χ0) is 10.8. The summed E-state index contributed by atoms with van der Waals surface area (Å²) in [4.78, 5) is 4.75. The van der Waals surface area contributed by atoms with Gasteiger partial charge in [0, 0.05) is 10.6 Å². The average Bonchev–Trinajstić information content (AvgIpc) is 2.64. The van der Waals surface area contributed by atoms with Gasteiger partial charge in [0.1, 0.15) is 5.15 Å². The molecular weight excluding hydrogens is 253 g/mol. The van der Waals surface area contributed by atoms with Gasteiger partial charge in [-0.2, -0.15) is 0 Å². The van der Waals surface area contributed by atoms with Crippen molar-refractivity contribution in [3.8, 4) is 10.4 Å². The molecule has 0 aliphatic rings. The smallest absolute Gasteiger partial charge is 0.147 e. The van der Waals surface area contributed by atoms with E-state index in [1.807, 2.05) is 6.07 Å². The third-order valence-corrected chi connectivity index (χ3v) is 3.58. The Morgan fingerprint density at radius 1 is 1.33 bits per heavy atom. The first-order valence-electron chi connectivity index (χ1n) is 4.21. The van der Waals surface area contributed by atoms with Crippen LogP contribution >= 0.6 is 34.5 Å². The standard InChI is InChI=1S/C10H7Cl2NOS/c11-7-3-1-2-6(4-14)8(7)9-10(12)13-5-15-9/h1-3,5,14H,4H2. The van der Waals surface area contributed by atoms with Gasteiger partial charge in [-0.15, -0.1) is 11.3 Å². The molecule has 0 bridgehead atoms. The Balaban J connectivity index is 2.66. The maximum atomic E-state index is 9.22. The number of hydrogen-bond donors (Lipinski definition) is 1. The highest BCUT2D eigenvalue weighted by atomic mass is 35.5. The molecule has 15 heavy (non-hydrogen) atoms. The highest BCUT2D eigenvalue weighted by Crippen LogP contribution is 2.38. The summed E-state index contributed by atoms with van der Waals surface area (Å²) in [7, 11) is 0. The van der Waals surface area contributed by atoms with Crippen molar-refractivity contribution in [1.29, 1.82) is 0 Å². The van der Waals surface area contributed by atoms with Crippen molar-refractivity contribution in [3.05, 3.63) is 39.4 Å². The van der Waals surface area contributed by atoms with Crippen LogP contribution in [-0.4, -0.2) is 10.1 Å². The van der Waals surface area contributed by atoms with E-state index in [-0.39, 0.29) is 6.61 Å². The molecule has 2 aromatic rings. The summed E-state index contributed by atoms with van der Waals surface area (Å²) in [6.45, 7) is -0.0654. The van der Waals surface area contributed by atoms with Crippen molar-refractivity contribution in [2.24, 2.45) is 0 Å². The van der Waals surface area contributed by atoms with Crippen LogP contribution in [0.4, 0.5) is 0 Å². The molecule has 1 aromatic heterocycles. The molecule has 2 nitrogen and oxygen atoms in total. The van der Waals surface area contributed by atoms with Crippen LogP contribution in [-0.2, 0) is 6.61 Å². The lowest BCUT2D eigenvalue weighted by atomic mass is 10.1. The van der Waals surface area contributed by atoms with E-state index >= 15 is 0 Å². The minimum absolute atomic E-state index is 0.0654. The third kappa shape index (κ3) is 2.01. The van der Waals surface area contributed by atoms with E-state index in [1.165, 1.54) is 11.3 Å². The van der Waals surface area contributed by atoms with Gasteiger partial charge in [-0.3, -0.25) is 0 Å². The van der Waals surface area contributed by atoms with Gasteiger partial charge in [-0.25, -0.2) is 4.98 Å². The highest BCUT2D eigenvalue weighted by molar-refractivity contribution is 7.14. The lowest BCUT2D eigenvalue weighted by Gasteiger charge is -2.07. The molecule has 0 radical (unpaired) electrons. The van der Waals surface area contributed by atoms with Crippen LogP contribution in [0.3, 0.4) is 0 Å². The summed E-state index contributed by atoms with van der Waals surface area (Å²) in [5.74, 6) is 0. The molecule has 0 amide bonds. The monoisotopic (exact) mass is 259 g/mol. The second kappa shape index (κ2) is 4.49. The largest absolute Gasteiger partial charge is 0.392 e. The first-order valence-corrected chi connectivity index (χ1v) is 5.85. The summed E-state index contributed by atoms with van der Waals surface area (Å²) >= 11 is 13.4. The number of halogens is 2. The predicted molar refractivity (Wildman–Crippen MR) is 63.5 cm³/mol. The lowest BCUT2D eigenvalue weighted by Crippen LogP contribution is -1.89. The lowest BCUT2D eigenvalue weighted by molar-refractivity contribution is 0.282. The fourth-order valence-electron chi connectivity index (χ4n) is 1.35. The molecule has 0 saturated carbocycles. The quantitative estimate of drug-likeness (QED) is 0.894. The van der Waals surface area contributed by atoms with Crippen molar-refractivity contribution in [1.82, 2.24) is 4.98 Å². The minimum Gasteiger partial charge on any atom is -0.392 e. The second-order valence-electron chi connectivity index (χ2n) is 2.90. The Hall–Kier alpha value is -0.610. The first kappa shape index (κ1) is 10.9. The average molecular weight is 260 g/mol. The van der Waals surface area contributed by atoms with Gasteiger partial charge in [-0.1, -0.05) is 35.3 Å². The van der Waals surface area contributed by atoms with Crippen LogP contribution in [0.5, 0.6) is 0 Å². The topological polar surface area (TPSA) is 33.1 Å². The summed E-state index contributed by atoms with van der Waals surface area (Å²) in [6.07, 6.45) is 0. The number of aliphatic hydroxyl groups is 1. The van der Waals surface area contributed by atoms with E-state index in [0.717, 1.165) is 16.0 Å². The Labute approximate surface area is 101 Å². The minimum atomic E-state index is -0.0654. The number of rotatable bonds is 2.